The van der Waals surface area contributed by atoms with E-state index in [1.165, 1.54) is 11.9 Å². The van der Waals surface area contributed by atoms with Crippen molar-refractivity contribution in [2.45, 2.75) is 26.3 Å². The summed E-state index contributed by atoms with van der Waals surface area (Å²) in [5, 5.41) is 9.05. The first-order chi connectivity index (χ1) is 14.0. The molecule has 1 N–H and O–H groups in total. The number of carbonyl (C=O) groups excluding carboxylic acids is 2. The van der Waals surface area contributed by atoms with E-state index in [1.807, 2.05) is 25.1 Å². The number of amides is 1. The number of hydrazone groups is 1. The zero-order valence-electron chi connectivity index (χ0n) is 16.2. The van der Waals surface area contributed by atoms with E-state index in [2.05, 4.69) is 10.4 Å². The second kappa shape index (κ2) is 7.79. The minimum Gasteiger partial charge on any atom is -0.467 e. The molecule has 0 saturated carbocycles. The summed E-state index contributed by atoms with van der Waals surface area (Å²) in [7, 11) is 0. The van der Waals surface area contributed by atoms with Gasteiger partial charge in [0.25, 0.3) is 5.91 Å². The van der Waals surface area contributed by atoms with Crippen molar-refractivity contribution in [2.75, 3.05) is 11.9 Å². The largest absolute Gasteiger partial charge is 0.467 e. The molecule has 1 aliphatic heterocycles. The van der Waals surface area contributed by atoms with E-state index in [0.29, 0.717) is 29.2 Å². The third kappa shape index (κ3) is 3.99. The lowest BCUT2D eigenvalue weighted by atomic mass is 10.1. The molecule has 148 valence electrons. The van der Waals surface area contributed by atoms with E-state index >= 15 is 0 Å². The van der Waals surface area contributed by atoms with Crippen LogP contribution in [0.1, 0.15) is 47.0 Å². The van der Waals surface area contributed by atoms with E-state index in [4.69, 9.17) is 8.83 Å². The second-order valence-corrected chi connectivity index (χ2v) is 6.92. The van der Waals surface area contributed by atoms with Gasteiger partial charge in [-0.3, -0.25) is 9.59 Å². The molecule has 0 saturated heterocycles. The lowest BCUT2D eigenvalue weighted by Crippen LogP contribution is -2.32. The maximum atomic E-state index is 12.9. The zero-order chi connectivity index (χ0) is 20.4. The van der Waals surface area contributed by atoms with Gasteiger partial charge in [-0.15, -0.1) is 0 Å². The summed E-state index contributed by atoms with van der Waals surface area (Å²) >= 11 is 0. The fourth-order valence-electron chi connectivity index (χ4n) is 3.26. The Balaban J connectivity index is 1.50. The number of Topliss-reactive ketones (excluding diaryl/α,β-unsaturated/α-hetero) is 1. The highest BCUT2D eigenvalue weighted by molar-refractivity contribution is 6.01. The topological polar surface area (TPSA) is 88.0 Å². The van der Waals surface area contributed by atoms with Gasteiger partial charge in [-0.05, 0) is 62.4 Å². The Morgan fingerprint density at radius 3 is 2.59 bits per heavy atom. The molecule has 0 spiro atoms. The second-order valence-electron chi connectivity index (χ2n) is 6.92. The summed E-state index contributed by atoms with van der Waals surface area (Å²) in [5.41, 5.74) is 2.09. The standard InChI is InChI=1S/C22H21N3O4/c1-14-5-10-20(29-14)18-12-19(21-4-3-11-28-21)25(24-18)22(27)13-23-17-8-6-16(7-9-17)15(2)26/h3-11,19,23H,12-13H2,1-2H3. The monoisotopic (exact) mass is 391 g/mol. The van der Waals surface area contributed by atoms with Gasteiger partial charge in [0.2, 0.25) is 0 Å². The number of anilines is 1. The third-order valence-electron chi connectivity index (χ3n) is 4.80. The number of benzene rings is 1. The first kappa shape index (κ1) is 18.7. The third-order valence-corrected chi connectivity index (χ3v) is 4.80. The molecule has 3 heterocycles. The number of ketones is 1. The lowest BCUT2D eigenvalue weighted by molar-refractivity contribution is -0.131. The van der Waals surface area contributed by atoms with Gasteiger partial charge in [0.1, 0.15) is 29.0 Å². The summed E-state index contributed by atoms with van der Waals surface area (Å²) in [6.45, 7) is 3.45. The molecule has 29 heavy (non-hydrogen) atoms. The highest BCUT2D eigenvalue weighted by Gasteiger charge is 2.35. The van der Waals surface area contributed by atoms with Crippen LogP contribution in [0, 0.1) is 6.92 Å². The quantitative estimate of drug-likeness (QED) is 0.637. The van der Waals surface area contributed by atoms with E-state index in [1.54, 1.807) is 36.6 Å². The molecule has 0 aliphatic carbocycles. The van der Waals surface area contributed by atoms with Gasteiger partial charge in [-0.25, -0.2) is 5.01 Å². The molecule has 1 aromatic carbocycles. The van der Waals surface area contributed by atoms with Crippen molar-refractivity contribution >= 4 is 23.1 Å². The van der Waals surface area contributed by atoms with Crippen LogP contribution in [0.2, 0.25) is 0 Å². The Labute approximate surface area is 168 Å². The number of aryl methyl sites for hydroxylation is 1. The van der Waals surface area contributed by atoms with Crippen LogP contribution in [-0.4, -0.2) is 29.0 Å². The van der Waals surface area contributed by atoms with Gasteiger partial charge < -0.3 is 14.2 Å². The zero-order valence-corrected chi connectivity index (χ0v) is 16.2. The van der Waals surface area contributed by atoms with Crippen LogP contribution in [0.25, 0.3) is 0 Å². The van der Waals surface area contributed by atoms with Crippen LogP contribution in [-0.2, 0) is 4.79 Å². The number of hydrogen-bond donors (Lipinski definition) is 1. The molecule has 1 aliphatic rings. The molecule has 1 amide bonds. The molecule has 1 atom stereocenters. The summed E-state index contributed by atoms with van der Waals surface area (Å²) in [6.07, 6.45) is 2.10. The van der Waals surface area contributed by atoms with E-state index in [0.717, 1.165) is 11.4 Å². The van der Waals surface area contributed by atoms with E-state index < -0.39 is 0 Å². The first-order valence-corrected chi connectivity index (χ1v) is 9.36. The normalized spacial score (nSPS) is 16.0. The van der Waals surface area contributed by atoms with Crippen molar-refractivity contribution in [3.8, 4) is 0 Å². The molecule has 3 aromatic rings. The number of hydrogen-bond acceptors (Lipinski definition) is 6. The minimum atomic E-state index is -0.320. The summed E-state index contributed by atoms with van der Waals surface area (Å²) in [6, 6.07) is 14.0. The van der Waals surface area contributed by atoms with Crippen LogP contribution in [0.15, 0.2) is 68.7 Å². The highest BCUT2D eigenvalue weighted by Crippen LogP contribution is 2.33. The number of nitrogens with one attached hydrogen (secondary N) is 1. The van der Waals surface area contributed by atoms with Gasteiger partial charge in [-0.1, -0.05) is 0 Å². The van der Waals surface area contributed by atoms with Crippen molar-refractivity contribution in [1.29, 1.82) is 0 Å². The predicted octanol–water partition coefficient (Wildman–Crippen LogP) is 4.17. The lowest BCUT2D eigenvalue weighted by Gasteiger charge is -2.20. The summed E-state index contributed by atoms with van der Waals surface area (Å²) < 4.78 is 11.2. The molecule has 0 bridgehead atoms. The van der Waals surface area contributed by atoms with Gasteiger partial charge in [0, 0.05) is 17.7 Å². The molecule has 7 nitrogen and oxygen atoms in total. The fourth-order valence-corrected chi connectivity index (χ4v) is 3.26. The number of furan rings is 2. The Kier molecular flexibility index (Phi) is 5.03. The fraction of sp³-hybridized carbons (Fsp3) is 0.227. The van der Waals surface area contributed by atoms with Crippen molar-refractivity contribution in [3.63, 3.8) is 0 Å². The number of nitrogens with zero attached hydrogens (tertiary/aromatic N) is 2. The van der Waals surface area contributed by atoms with Crippen molar-refractivity contribution < 1.29 is 18.4 Å². The van der Waals surface area contributed by atoms with Crippen LogP contribution in [0.5, 0.6) is 0 Å². The van der Waals surface area contributed by atoms with Crippen molar-refractivity contribution in [3.05, 3.63) is 77.6 Å². The molecule has 4 rings (SSSR count). The summed E-state index contributed by atoms with van der Waals surface area (Å²) in [5.74, 6) is 1.92. The van der Waals surface area contributed by atoms with Crippen LogP contribution >= 0.6 is 0 Å². The van der Waals surface area contributed by atoms with E-state index in [9.17, 15) is 9.59 Å². The van der Waals surface area contributed by atoms with Gasteiger partial charge in [0.15, 0.2) is 5.78 Å². The molecule has 1 unspecified atom stereocenters. The molecule has 7 heteroatoms. The Hall–Kier alpha value is -3.61. The molecule has 0 radical (unpaired) electrons. The number of carbonyl (C=O) groups is 2. The van der Waals surface area contributed by atoms with Gasteiger partial charge in [0.05, 0.1) is 12.8 Å². The SMILES string of the molecule is CC(=O)c1ccc(NCC(=O)N2N=C(c3ccc(C)o3)CC2c2ccco2)cc1. The molecule has 2 aromatic heterocycles. The number of rotatable bonds is 6. The average Bonchev–Trinajstić information content (AvgIpc) is 3.46. The predicted molar refractivity (Wildman–Crippen MR) is 108 cm³/mol. The Morgan fingerprint density at radius 1 is 1.17 bits per heavy atom. The van der Waals surface area contributed by atoms with Gasteiger partial charge >= 0.3 is 0 Å². The Bertz CT molecular complexity index is 1050. The molecular weight excluding hydrogens is 370 g/mol. The highest BCUT2D eigenvalue weighted by atomic mass is 16.3. The van der Waals surface area contributed by atoms with E-state index in [-0.39, 0.29) is 24.3 Å². The maximum absolute atomic E-state index is 12.9. The van der Waals surface area contributed by atoms with Crippen LogP contribution in [0.3, 0.4) is 0 Å². The molecular formula is C22H21N3O4. The van der Waals surface area contributed by atoms with Crippen LogP contribution in [0.4, 0.5) is 5.69 Å². The maximum Gasteiger partial charge on any atom is 0.262 e. The summed E-state index contributed by atoms with van der Waals surface area (Å²) in [4.78, 5) is 24.3. The van der Waals surface area contributed by atoms with Gasteiger partial charge in [-0.2, -0.15) is 5.10 Å². The minimum absolute atomic E-state index is 0.000937. The first-order valence-electron chi connectivity index (χ1n) is 9.36. The van der Waals surface area contributed by atoms with Crippen molar-refractivity contribution in [1.82, 2.24) is 5.01 Å². The average molecular weight is 391 g/mol. The Morgan fingerprint density at radius 2 is 1.97 bits per heavy atom. The molecule has 0 fully saturated rings. The van der Waals surface area contributed by atoms with Crippen LogP contribution < -0.4 is 5.32 Å². The smallest absolute Gasteiger partial charge is 0.262 e. The van der Waals surface area contributed by atoms with Crippen molar-refractivity contribution in [2.24, 2.45) is 5.10 Å².